The van der Waals surface area contributed by atoms with Gasteiger partial charge in [0.2, 0.25) is 0 Å². The summed E-state index contributed by atoms with van der Waals surface area (Å²) >= 11 is 0. The number of aliphatic hydroxyl groups is 2. The Balaban J connectivity index is 1.91. The Morgan fingerprint density at radius 2 is 1.36 bits per heavy atom. The zero-order chi connectivity index (χ0) is 18.2. The van der Waals surface area contributed by atoms with Crippen LogP contribution in [0.5, 0.6) is 0 Å². The van der Waals surface area contributed by atoms with E-state index in [0.29, 0.717) is 6.61 Å². The summed E-state index contributed by atoms with van der Waals surface area (Å²) in [6.07, 6.45) is 16.5. The van der Waals surface area contributed by atoms with Crippen LogP contribution in [0, 0.1) is 0 Å². The van der Waals surface area contributed by atoms with E-state index >= 15 is 0 Å². The van der Waals surface area contributed by atoms with Crippen LogP contribution in [0.1, 0.15) is 90.4 Å². The van der Waals surface area contributed by atoms with Gasteiger partial charge in [0.05, 0.1) is 25.4 Å². The summed E-state index contributed by atoms with van der Waals surface area (Å²) in [5, 5.41) is 19.2. The molecule has 1 aliphatic rings. The van der Waals surface area contributed by atoms with Crippen molar-refractivity contribution in [3.05, 3.63) is 0 Å². The van der Waals surface area contributed by atoms with Crippen molar-refractivity contribution in [2.24, 2.45) is 0 Å². The maximum absolute atomic E-state index is 10.00. The van der Waals surface area contributed by atoms with Gasteiger partial charge < -0.3 is 14.9 Å². The first-order valence-corrected chi connectivity index (χ1v) is 10.9. The van der Waals surface area contributed by atoms with Crippen molar-refractivity contribution in [2.45, 2.75) is 103 Å². The summed E-state index contributed by atoms with van der Waals surface area (Å²) in [6.45, 7) is 5.44. The fraction of sp³-hybridized carbons (Fsp3) is 1.00. The molecule has 0 bridgehead atoms. The second-order valence-electron chi connectivity index (χ2n) is 7.67. The number of nitrogens with zero attached hydrogens (tertiary/aromatic N) is 1. The van der Waals surface area contributed by atoms with E-state index in [1.807, 2.05) is 0 Å². The fourth-order valence-electron chi connectivity index (χ4n) is 3.73. The lowest BCUT2D eigenvalue weighted by molar-refractivity contribution is -0.0252. The summed E-state index contributed by atoms with van der Waals surface area (Å²) < 4.78 is 5.80. The predicted octanol–water partition coefficient (Wildman–Crippen LogP) is 4.13. The zero-order valence-electron chi connectivity index (χ0n) is 16.6. The van der Waals surface area contributed by atoms with Gasteiger partial charge in [-0.25, -0.2) is 0 Å². The topological polar surface area (TPSA) is 52.9 Å². The van der Waals surface area contributed by atoms with Crippen LogP contribution in [-0.2, 0) is 4.74 Å². The van der Waals surface area contributed by atoms with Crippen molar-refractivity contribution in [3.63, 3.8) is 0 Å². The molecule has 0 aromatic heterocycles. The highest BCUT2D eigenvalue weighted by Gasteiger charge is 2.27. The van der Waals surface area contributed by atoms with Crippen LogP contribution in [0.3, 0.4) is 0 Å². The Labute approximate surface area is 155 Å². The molecule has 1 saturated heterocycles. The van der Waals surface area contributed by atoms with Crippen molar-refractivity contribution in [2.75, 3.05) is 32.9 Å². The largest absolute Gasteiger partial charge is 0.394 e. The van der Waals surface area contributed by atoms with Gasteiger partial charge in [0.1, 0.15) is 0 Å². The first-order valence-electron chi connectivity index (χ1n) is 10.9. The average molecular weight is 358 g/mol. The van der Waals surface area contributed by atoms with Gasteiger partial charge >= 0.3 is 0 Å². The van der Waals surface area contributed by atoms with Crippen molar-refractivity contribution >= 4 is 0 Å². The van der Waals surface area contributed by atoms with Crippen LogP contribution >= 0.6 is 0 Å². The number of aliphatic hydroxyl groups excluding tert-OH is 2. The highest BCUT2D eigenvalue weighted by molar-refractivity contribution is 4.81. The summed E-state index contributed by atoms with van der Waals surface area (Å²) in [5.41, 5.74) is 0. The van der Waals surface area contributed by atoms with E-state index in [1.54, 1.807) is 0 Å². The fourth-order valence-corrected chi connectivity index (χ4v) is 3.73. The van der Waals surface area contributed by atoms with E-state index in [0.717, 1.165) is 26.1 Å². The van der Waals surface area contributed by atoms with E-state index in [-0.39, 0.29) is 12.6 Å². The van der Waals surface area contributed by atoms with Crippen LogP contribution in [0.25, 0.3) is 0 Å². The van der Waals surface area contributed by atoms with Gasteiger partial charge in [-0.2, -0.15) is 0 Å². The van der Waals surface area contributed by atoms with Gasteiger partial charge in [0, 0.05) is 6.61 Å². The summed E-state index contributed by atoms with van der Waals surface area (Å²) in [7, 11) is 0. The minimum atomic E-state index is -0.685. The molecular weight excluding hydrogens is 314 g/mol. The lowest BCUT2D eigenvalue weighted by atomic mass is 10.1. The molecule has 1 aliphatic heterocycles. The molecule has 25 heavy (non-hydrogen) atoms. The van der Waals surface area contributed by atoms with Gasteiger partial charge in [0.15, 0.2) is 0 Å². The molecular formula is C21H43NO3. The molecule has 2 unspecified atom stereocenters. The molecule has 0 aromatic carbocycles. The average Bonchev–Trinajstić information content (AvgIpc) is 3.16. The minimum Gasteiger partial charge on any atom is -0.394 e. The van der Waals surface area contributed by atoms with Crippen molar-refractivity contribution < 1.29 is 14.9 Å². The van der Waals surface area contributed by atoms with E-state index in [9.17, 15) is 10.2 Å². The van der Waals surface area contributed by atoms with Crippen LogP contribution < -0.4 is 0 Å². The molecule has 1 rings (SSSR count). The Kier molecular flexibility index (Phi) is 14.7. The lowest BCUT2D eigenvalue weighted by Crippen LogP contribution is -2.46. The van der Waals surface area contributed by atoms with Gasteiger partial charge in [-0.05, 0) is 32.4 Å². The second-order valence-corrected chi connectivity index (χ2v) is 7.67. The first-order chi connectivity index (χ1) is 12.3. The van der Waals surface area contributed by atoms with Crippen molar-refractivity contribution in [3.8, 4) is 0 Å². The third kappa shape index (κ3) is 11.2. The molecule has 0 aliphatic carbocycles. The van der Waals surface area contributed by atoms with E-state index in [2.05, 4.69) is 11.8 Å². The number of ether oxygens (including phenoxy) is 1. The third-order valence-corrected chi connectivity index (χ3v) is 5.42. The van der Waals surface area contributed by atoms with Gasteiger partial charge in [-0.1, -0.05) is 71.1 Å². The molecule has 1 heterocycles. The number of likely N-dealkylation sites (tertiary alicyclic amines) is 1. The molecule has 0 amide bonds. The van der Waals surface area contributed by atoms with Crippen LogP contribution in [-0.4, -0.2) is 60.2 Å². The zero-order valence-corrected chi connectivity index (χ0v) is 16.6. The Hall–Kier alpha value is -0.160. The lowest BCUT2D eigenvalue weighted by Gasteiger charge is -2.30. The third-order valence-electron chi connectivity index (χ3n) is 5.42. The van der Waals surface area contributed by atoms with Crippen molar-refractivity contribution in [1.29, 1.82) is 0 Å². The van der Waals surface area contributed by atoms with Crippen LogP contribution in [0.15, 0.2) is 0 Å². The first kappa shape index (κ1) is 22.9. The second kappa shape index (κ2) is 16.0. The quantitative estimate of drug-likeness (QED) is 0.384. The highest BCUT2D eigenvalue weighted by Crippen LogP contribution is 2.15. The maximum Gasteiger partial charge on any atom is 0.0948 e. The number of unbranched alkanes of at least 4 members (excludes halogenated alkanes) is 10. The molecule has 0 saturated carbocycles. The molecule has 0 radical (unpaired) electrons. The molecule has 2 N–H and O–H groups in total. The standard InChI is InChI=1S/C21H43NO3/c1-2-3-4-5-6-7-8-9-10-11-14-17-25-19-20(21(24)18-23)22-15-12-13-16-22/h20-21,23-24H,2-19H2,1H3. The molecule has 1 fully saturated rings. The van der Waals surface area contributed by atoms with Gasteiger partial charge in [0.25, 0.3) is 0 Å². The Morgan fingerprint density at radius 3 is 1.88 bits per heavy atom. The summed E-state index contributed by atoms with van der Waals surface area (Å²) in [4.78, 5) is 2.27. The predicted molar refractivity (Wildman–Crippen MR) is 105 cm³/mol. The number of hydrogen-bond acceptors (Lipinski definition) is 4. The van der Waals surface area contributed by atoms with E-state index in [4.69, 9.17) is 4.74 Å². The Morgan fingerprint density at radius 1 is 0.840 bits per heavy atom. The molecule has 150 valence electrons. The SMILES string of the molecule is CCCCCCCCCCCCCOCC(C(O)CO)N1CCCC1. The highest BCUT2D eigenvalue weighted by atomic mass is 16.5. The van der Waals surface area contributed by atoms with E-state index < -0.39 is 6.10 Å². The molecule has 0 spiro atoms. The van der Waals surface area contributed by atoms with Crippen LogP contribution in [0.4, 0.5) is 0 Å². The molecule has 4 nitrogen and oxygen atoms in total. The van der Waals surface area contributed by atoms with Crippen molar-refractivity contribution in [1.82, 2.24) is 4.90 Å². The monoisotopic (exact) mass is 357 g/mol. The molecule has 0 aromatic rings. The van der Waals surface area contributed by atoms with Gasteiger partial charge in [-0.15, -0.1) is 0 Å². The summed E-state index contributed by atoms with van der Waals surface area (Å²) in [6, 6.07) is -0.0415. The number of hydrogen-bond donors (Lipinski definition) is 2. The normalized spacial score (nSPS) is 17.9. The number of rotatable bonds is 17. The Bertz CT molecular complexity index is 282. The summed E-state index contributed by atoms with van der Waals surface area (Å²) in [5.74, 6) is 0. The molecule has 4 heteroatoms. The van der Waals surface area contributed by atoms with E-state index in [1.165, 1.54) is 77.0 Å². The maximum atomic E-state index is 10.00. The smallest absolute Gasteiger partial charge is 0.0948 e. The van der Waals surface area contributed by atoms with Crippen LogP contribution in [0.2, 0.25) is 0 Å². The minimum absolute atomic E-state index is 0.0415. The molecule has 2 atom stereocenters. The van der Waals surface area contributed by atoms with Gasteiger partial charge in [-0.3, -0.25) is 4.90 Å².